The molecule has 2 rings (SSSR count). The Bertz CT molecular complexity index is 423. The summed E-state index contributed by atoms with van der Waals surface area (Å²) in [5.74, 6) is -0.282. The molecule has 1 aromatic carbocycles. The predicted octanol–water partition coefficient (Wildman–Crippen LogP) is 1.46. The van der Waals surface area contributed by atoms with Gasteiger partial charge in [0.05, 0.1) is 0 Å². The Morgan fingerprint density at radius 2 is 1.67 bits per heavy atom. The zero-order valence-electron chi connectivity index (χ0n) is 10.3. The normalized spacial score (nSPS) is 23.3. The summed E-state index contributed by atoms with van der Waals surface area (Å²) in [6, 6.07) is 9.33. The molecular formula is C14H18N2O2. The van der Waals surface area contributed by atoms with Gasteiger partial charge in [0, 0.05) is 17.5 Å². The van der Waals surface area contributed by atoms with E-state index in [0.29, 0.717) is 5.56 Å². The molecule has 4 heteroatoms. The van der Waals surface area contributed by atoms with Gasteiger partial charge in [0.1, 0.15) is 0 Å². The lowest BCUT2D eigenvalue weighted by atomic mass is 9.85. The van der Waals surface area contributed by atoms with Crippen LogP contribution in [0.5, 0.6) is 0 Å². The van der Waals surface area contributed by atoms with Crippen molar-refractivity contribution in [2.75, 3.05) is 0 Å². The van der Waals surface area contributed by atoms with Crippen molar-refractivity contribution in [3.8, 4) is 0 Å². The quantitative estimate of drug-likeness (QED) is 0.847. The van der Waals surface area contributed by atoms with E-state index in [1.807, 2.05) is 18.2 Å². The molecule has 0 heterocycles. The Hall–Kier alpha value is -1.84. The molecule has 3 N–H and O–H groups in total. The summed E-state index contributed by atoms with van der Waals surface area (Å²) in [5.41, 5.74) is 5.95. The van der Waals surface area contributed by atoms with Crippen molar-refractivity contribution in [2.45, 2.75) is 31.7 Å². The van der Waals surface area contributed by atoms with Gasteiger partial charge in [0.2, 0.25) is 5.91 Å². The number of primary amides is 1. The molecule has 1 aliphatic carbocycles. The number of rotatable bonds is 3. The summed E-state index contributed by atoms with van der Waals surface area (Å²) in [6.07, 6.45) is 3.20. The molecule has 1 aromatic rings. The summed E-state index contributed by atoms with van der Waals surface area (Å²) >= 11 is 0. The number of hydrogen-bond donors (Lipinski definition) is 2. The van der Waals surface area contributed by atoms with Gasteiger partial charge in [-0.05, 0) is 37.8 Å². The van der Waals surface area contributed by atoms with Crippen LogP contribution in [0.3, 0.4) is 0 Å². The van der Waals surface area contributed by atoms with Crippen LogP contribution in [0.25, 0.3) is 0 Å². The molecule has 0 spiro atoms. The van der Waals surface area contributed by atoms with E-state index in [1.54, 1.807) is 12.1 Å². The van der Waals surface area contributed by atoms with Gasteiger partial charge in [-0.2, -0.15) is 0 Å². The second kappa shape index (κ2) is 5.67. The second-order valence-corrected chi connectivity index (χ2v) is 4.79. The highest BCUT2D eigenvalue weighted by atomic mass is 16.2. The Morgan fingerprint density at radius 1 is 1.06 bits per heavy atom. The van der Waals surface area contributed by atoms with Gasteiger partial charge >= 0.3 is 0 Å². The van der Waals surface area contributed by atoms with Gasteiger partial charge in [-0.3, -0.25) is 9.59 Å². The smallest absolute Gasteiger partial charge is 0.251 e. The van der Waals surface area contributed by atoms with Crippen molar-refractivity contribution in [3.63, 3.8) is 0 Å². The van der Waals surface area contributed by atoms with Crippen molar-refractivity contribution in [2.24, 2.45) is 11.7 Å². The molecular weight excluding hydrogens is 228 g/mol. The zero-order valence-corrected chi connectivity index (χ0v) is 10.3. The van der Waals surface area contributed by atoms with E-state index in [0.717, 1.165) is 25.7 Å². The standard InChI is InChI=1S/C14H18N2O2/c15-13(17)10-6-8-12(9-7-10)16-14(18)11-4-2-1-3-5-11/h1-5,10,12H,6-9H2,(H2,15,17)(H,16,18). The maximum absolute atomic E-state index is 11.9. The van der Waals surface area contributed by atoms with Crippen LogP contribution >= 0.6 is 0 Å². The van der Waals surface area contributed by atoms with E-state index in [2.05, 4.69) is 5.32 Å². The molecule has 0 saturated heterocycles. The van der Waals surface area contributed by atoms with Crippen molar-refractivity contribution in [3.05, 3.63) is 35.9 Å². The number of carbonyl (C=O) groups excluding carboxylic acids is 2. The predicted molar refractivity (Wildman–Crippen MR) is 68.8 cm³/mol. The lowest BCUT2D eigenvalue weighted by Gasteiger charge is -2.27. The fourth-order valence-electron chi connectivity index (χ4n) is 2.38. The maximum atomic E-state index is 11.9. The minimum Gasteiger partial charge on any atom is -0.369 e. The second-order valence-electron chi connectivity index (χ2n) is 4.79. The van der Waals surface area contributed by atoms with Gasteiger partial charge in [0.25, 0.3) is 5.91 Å². The topological polar surface area (TPSA) is 72.2 Å². The van der Waals surface area contributed by atoms with Crippen molar-refractivity contribution in [1.82, 2.24) is 5.32 Å². The van der Waals surface area contributed by atoms with Crippen molar-refractivity contribution in [1.29, 1.82) is 0 Å². The van der Waals surface area contributed by atoms with Crippen LogP contribution in [0.15, 0.2) is 30.3 Å². The summed E-state index contributed by atoms with van der Waals surface area (Å²) in [4.78, 5) is 23.0. The highest BCUT2D eigenvalue weighted by Crippen LogP contribution is 2.24. The lowest BCUT2D eigenvalue weighted by molar-refractivity contribution is -0.122. The van der Waals surface area contributed by atoms with E-state index in [1.165, 1.54) is 0 Å². The molecule has 96 valence electrons. The van der Waals surface area contributed by atoms with E-state index in [-0.39, 0.29) is 23.8 Å². The van der Waals surface area contributed by atoms with Crippen LogP contribution in [0.4, 0.5) is 0 Å². The largest absolute Gasteiger partial charge is 0.369 e. The van der Waals surface area contributed by atoms with Crippen LogP contribution in [-0.2, 0) is 4.79 Å². The zero-order chi connectivity index (χ0) is 13.0. The van der Waals surface area contributed by atoms with E-state index in [9.17, 15) is 9.59 Å². The molecule has 1 fully saturated rings. The molecule has 18 heavy (non-hydrogen) atoms. The number of amides is 2. The lowest BCUT2D eigenvalue weighted by Crippen LogP contribution is -2.39. The third-order valence-corrected chi connectivity index (χ3v) is 3.50. The first-order valence-electron chi connectivity index (χ1n) is 6.32. The van der Waals surface area contributed by atoms with E-state index in [4.69, 9.17) is 5.73 Å². The minimum atomic E-state index is -0.220. The van der Waals surface area contributed by atoms with Gasteiger partial charge in [0.15, 0.2) is 0 Å². The van der Waals surface area contributed by atoms with Crippen LogP contribution in [-0.4, -0.2) is 17.9 Å². The maximum Gasteiger partial charge on any atom is 0.251 e. The van der Waals surface area contributed by atoms with Gasteiger partial charge < -0.3 is 11.1 Å². The Kier molecular flexibility index (Phi) is 3.97. The number of benzene rings is 1. The van der Waals surface area contributed by atoms with Crippen molar-refractivity contribution < 1.29 is 9.59 Å². The average molecular weight is 246 g/mol. The molecule has 0 bridgehead atoms. The first kappa shape index (κ1) is 12.6. The molecule has 0 radical (unpaired) electrons. The van der Waals surface area contributed by atoms with Crippen LogP contribution in [0.1, 0.15) is 36.0 Å². The van der Waals surface area contributed by atoms with Crippen LogP contribution < -0.4 is 11.1 Å². The molecule has 0 unspecified atom stereocenters. The summed E-state index contributed by atoms with van der Waals surface area (Å²) < 4.78 is 0. The first-order chi connectivity index (χ1) is 8.66. The number of nitrogens with one attached hydrogen (secondary N) is 1. The van der Waals surface area contributed by atoms with Crippen LogP contribution in [0, 0.1) is 5.92 Å². The Morgan fingerprint density at radius 3 is 2.22 bits per heavy atom. The number of carbonyl (C=O) groups is 2. The number of nitrogens with two attached hydrogens (primary N) is 1. The van der Waals surface area contributed by atoms with Crippen molar-refractivity contribution >= 4 is 11.8 Å². The highest BCUT2D eigenvalue weighted by Gasteiger charge is 2.25. The third-order valence-electron chi connectivity index (χ3n) is 3.50. The Labute approximate surface area is 107 Å². The summed E-state index contributed by atoms with van der Waals surface area (Å²) in [7, 11) is 0. The average Bonchev–Trinajstić information content (AvgIpc) is 2.40. The molecule has 1 aliphatic rings. The summed E-state index contributed by atoms with van der Waals surface area (Å²) in [5, 5.41) is 3.00. The first-order valence-corrected chi connectivity index (χ1v) is 6.32. The van der Waals surface area contributed by atoms with Gasteiger partial charge in [-0.15, -0.1) is 0 Å². The molecule has 4 nitrogen and oxygen atoms in total. The van der Waals surface area contributed by atoms with E-state index < -0.39 is 0 Å². The SMILES string of the molecule is NC(=O)C1CCC(NC(=O)c2ccccc2)CC1. The molecule has 0 aromatic heterocycles. The Balaban J connectivity index is 1.85. The molecule has 2 amide bonds. The van der Waals surface area contributed by atoms with E-state index >= 15 is 0 Å². The molecule has 0 aliphatic heterocycles. The molecule has 1 saturated carbocycles. The van der Waals surface area contributed by atoms with Gasteiger partial charge in [-0.25, -0.2) is 0 Å². The third kappa shape index (κ3) is 3.09. The fourth-order valence-corrected chi connectivity index (χ4v) is 2.38. The molecule has 0 atom stereocenters. The monoisotopic (exact) mass is 246 g/mol. The number of hydrogen-bond acceptors (Lipinski definition) is 2. The van der Waals surface area contributed by atoms with Crippen LogP contribution in [0.2, 0.25) is 0 Å². The summed E-state index contributed by atoms with van der Waals surface area (Å²) in [6.45, 7) is 0. The highest BCUT2D eigenvalue weighted by molar-refractivity contribution is 5.94. The fraction of sp³-hybridized carbons (Fsp3) is 0.429. The van der Waals surface area contributed by atoms with Gasteiger partial charge in [-0.1, -0.05) is 18.2 Å². The minimum absolute atomic E-state index is 0.0186.